The van der Waals surface area contributed by atoms with E-state index in [-0.39, 0.29) is 11.9 Å². The highest BCUT2D eigenvalue weighted by molar-refractivity contribution is 9.10. The summed E-state index contributed by atoms with van der Waals surface area (Å²) in [7, 11) is 0. The van der Waals surface area contributed by atoms with Crippen LogP contribution in [0.2, 0.25) is 0 Å². The minimum Gasteiger partial charge on any atom is -0.271 e. The normalized spacial score (nSPS) is 12.4. The number of halogens is 2. The number of nitrogens with one attached hydrogen (secondary N) is 1. The van der Waals surface area contributed by atoms with Gasteiger partial charge in [0.25, 0.3) is 0 Å². The van der Waals surface area contributed by atoms with E-state index in [4.69, 9.17) is 5.84 Å². The number of aryl methyl sites for hydroxylation is 1. The van der Waals surface area contributed by atoms with Gasteiger partial charge in [0.2, 0.25) is 0 Å². The molecule has 0 aliphatic rings. The summed E-state index contributed by atoms with van der Waals surface area (Å²) < 4.78 is 14.2. The fourth-order valence-corrected chi connectivity index (χ4v) is 2.41. The fourth-order valence-electron chi connectivity index (χ4n) is 2.14. The van der Waals surface area contributed by atoms with Gasteiger partial charge in [0.05, 0.1) is 6.04 Å². The zero-order valence-electron chi connectivity index (χ0n) is 10.7. The molecule has 100 valence electrons. The zero-order chi connectivity index (χ0) is 13.8. The van der Waals surface area contributed by atoms with Gasteiger partial charge >= 0.3 is 0 Å². The Labute approximate surface area is 120 Å². The maximum absolute atomic E-state index is 13.1. The summed E-state index contributed by atoms with van der Waals surface area (Å²) in [6.45, 7) is 1.89. The van der Waals surface area contributed by atoms with Crippen LogP contribution in [0.5, 0.6) is 0 Å². The second-order valence-corrected chi connectivity index (χ2v) is 5.47. The van der Waals surface area contributed by atoms with E-state index in [1.807, 2.05) is 31.2 Å². The molecule has 0 saturated heterocycles. The summed E-state index contributed by atoms with van der Waals surface area (Å²) in [5, 5.41) is 0. The minimum atomic E-state index is -0.222. The molecule has 0 heterocycles. The Morgan fingerprint density at radius 3 is 2.47 bits per heavy atom. The van der Waals surface area contributed by atoms with Crippen molar-refractivity contribution in [2.75, 3.05) is 0 Å². The van der Waals surface area contributed by atoms with E-state index in [0.29, 0.717) is 0 Å². The molecule has 1 unspecified atom stereocenters. The van der Waals surface area contributed by atoms with Gasteiger partial charge in [-0.05, 0) is 54.3 Å². The van der Waals surface area contributed by atoms with Crippen LogP contribution < -0.4 is 11.3 Å². The molecule has 0 aromatic heterocycles. The third-order valence-electron chi connectivity index (χ3n) is 3.16. The molecule has 1 atom stereocenters. The molecule has 2 nitrogen and oxygen atoms in total. The second-order valence-electron chi connectivity index (χ2n) is 4.55. The molecule has 0 aliphatic carbocycles. The van der Waals surface area contributed by atoms with Crippen LogP contribution in [0.1, 0.15) is 22.7 Å². The summed E-state index contributed by atoms with van der Waals surface area (Å²) >= 11 is 3.41. The Morgan fingerprint density at radius 1 is 1.21 bits per heavy atom. The maximum atomic E-state index is 13.1. The molecule has 0 radical (unpaired) electrons. The van der Waals surface area contributed by atoms with E-state index >= 15 is 0 Å². The predicted octanol–water partition coefficient (Wildman–Crippen LogP) is 3.64. The topological polar surface area (TPSA) is 38.0 Å². The zero-order valence-corrected chi connectivity index (χ0v) is 12.2. The lowest BCUT2D eigenvalue weighted by molar-refractivity contribution is 0.546. The van der Waals surface area contributed by atoms with Crippen molar-refractivity contribution in [3.05, 3.63) is 69.4 Å². The van der Waals surface area contributed by atoms with Gasteiger partial charge in [-0.15, -0.1) is 0 Å². The first-order chi connectivity index (χ1) is 9.10. The highest BCUT2D eigenvalue weighted by Crippen LogP contribution is 2.22. The lowest BCUT2D eigenvalue weighted by atomic mass is 9.96. The van der Waals surface area contributed by atoms with Crippen LogP contribution in [0.4, 0.5) is 4.39 Å². The third kappa shape index (κ3) is 3.62. The van der Waals surface area contributed by atoms with Crippen LogP contribution in [0.15, 0.2) is 46.9 Å². The Hall–Kier alpha value is -1.23. The molecule has 0 aliphatic heterocycles. The van der Waals surface area contributed by atoms with Gasteiger partial charge < -0.3 is 0 Å². The molecule has 2 aromatic rings. The van der Waals surface area contributed by atoms with Crippen LogP contribution in [-0.4, -0.2) is 0 Å². The number of hydrazine groups is 1. The largest absolute Gasteiger partial charge is 0.271 e. The summed E-state index contributed by atoms with van der Waals surface area (Å²) in [4.78, 5) is 0. The predicted molar refractivity (Wildman–Crippen MR) is 79.0 cm³/mol. The number of hydrogen-bond donors (Lipinski definition) is 2. The quantitative estimate of drug-likeness (QED) is 0.666. The molecule has 0 bridgehead atoms. The van der Waals surface area contributed by atoms with Crippen LogP contribution >= 0.6 is 15.9 Å². The Morgan fingerprint density at radius 2 is 1.89 bits per heavy atom. The van der Waals surface area contributed by atoms with Gasteiger partial charge in [-0.2, -0.15) is 0 Å². The van der Waals surface area contributed by atoms with Crippen LogP contribution in [0, 0.1) is 12.7 Å². The number of nitrogens with two attached hydrogens (primary N) is 1. The van der Waals surface area contributed by atoms with E-state index < -0.39 is 0 Å². The third-order valence-corrected chi connectivity index (χ3v) is 3.69. The molecule has 19 heavy (non-hydrogen) atoms. The second kappa shape index (κ2) is 6.28. The molecule has 0 fully saturated rings. The van der Waals surface area contributed by atoms with Crippen molar-refractivity contribution < 1.29 is 4.39 Å². The van der Waals surface area contributed by atoms with Crippen molar-refractivity contribution in [1.29, 1.82) is 0 Å². The Bertz CT molecular complexity index is 555. The Balaban J connectivity index is 2.22. The molecular formula is C15H16BrFN2. The van der Waals surface area contributed by atoms with Crippen molar-refractivity contribution in [1.82, 2.24) is 5.43 Å². The van der Waals surface area contributed by atoms with Gasteiger partial charge in [0.1, 0.15) is 5.82 Å². The average molecular weight is 323 g/mol. The maximum Gasteiger partial charge on any atom is 0.123 e. The average Bonchev–Trinajstić information content (AvgIpc) is 2.39. The van der Waals surface area contributed by atoms with Gasteiger partial charge in [-0.3, -0.25) is 11.3 Å². The van der Waals surface area contributed by atoms with Crippen molar-refractivity contribution >= 4 is 15.9 Å². The number of rotatable bonds is 4. The lowest BCUT2D eigenvalue weighted by Crippen LogP contribution is -2.30. The van der Waals surface area contributed by atoms with Gasteiger partial charge in [0.15, 0.2) is 0 Å². The van der Waals surface area contributed by atoms with E-state index in [9.17, 15) is 4.39 Å². The number of hydrogen-bond acceptors (Lipinski definition) is 2. The molecule has 0 saturated carbocycles. The molecule has 2 rings (SSSR count). The van der Waals surface area contributed by atoms with Crippen molar-refractivity contribution in [3.8, 4) is 0 Å². The standard InChI is InChI=1S/C15H16BrFN2/c1-10-8-13(17)6-7-14(10)15(19-18)9-11-2-4-12(16)5-3-11/h2-8,15,19H,9,18H2,1H3. The molecule has 0 amide bonds. The first kappa shape index (κ1) is 14.2. The van der Waals surface area contributed by atoms with E-state index in [1.54, 1.807) is 6.07 Å². The highest BCUT2D eigenvalue weighted by atomic mass is 79.9. The van der Waals surface area contributed by atoms with Crippen molar-refractivity contribution in [2.45, 2.75) is 19.4 Å². The highest BCUT2D eigenvalue weighted by Gasteiger charge is 2.13. The van der Waals surface area contributed by atoms with Gasteiger partial charge in [0, 0.05) is 4.47 Å². The van der Waals surface area contributed by atoms with Crippen LogP contribution in [0.3, 0.4) is 0 Å². The van der Waals surface area contributed by atoms with Crippen LogP contribution in [-0.2, 0) is 6.42 Å². The summed E-state index contributed by atoms with van der Waals surface area (Å²) in [6, 6.07) is 12.9. The molecule has 2 aromatic carbocycles. The smallest absolute Gasteiger partial charge is 0.123 e. The SMILES string of the molecule is Cc1cc(F)ccc1C(Cc1ccc(Br)cc1)NN. The van der Waals surface area contributed by atoms with E-state index in [1.165, 1.54) is 17.7 Å². The minimum absolute atomic E-state index is 0.0261. The summed E-state index contributed by atoms with van der Waals surface area (Å²) in [5.41, 5.74) is 5.91. The van der Waals surface area contributed by atoms with E-state index in [2.05, 4.69) is 21.4 Å². The number of benzene rings is 2. The summed E-state index contributed by atoms with van der Waals surface area (Å²) in [5.74, 6) is 5.41. The fraction of sp³-hybridized carbons (Fsp3) is 0.200. The van der Waals surface area contributed by atoms with Crippen molar-refractivity contribution in [3.63, 3.8) is 0 Å². The van der Waals surface area contributed by atoms with Crippen molar-refractivity contribution in [2.24, 2.45) is 5.84 Å². The van der Waals surface area contributed by atoms with E-state index in [0.717, 1.165) is 22.0 Å². The van der Waals surface area contributed by atoms with Gasteiger partial charge in [-0.1, -0.05) is 34.1 Å². The van der Waals surface area contributed by atoms with Gasteiger partial charge in [-0.25, -0.2) is 4.39 Å². The lowest BCUT2D eigenvalue weighted by Gasteiger charge is -2.18. The first-order valence-electron chi connectivity index (χ1n) is 6.07. The molecular weight excluding hydrogens is 307 g/mol. The Kier molecular flexibility index (Phi) is 4.69. The monoisotopic (exact) mass is 322 g/mol. The molecule has 4 heteroatoms. The summed E-state index contributed by atoms with van der Waals surface area (Å²) in [6.07, 6.45) is 0.760. The molecule has 3 N–H and O–H groups in total. The van der Waals surface area contributed by atoms with Crippen LogP contribution in [0.25, 0.3) is 0 Å². The first-order valence-corrected chi connectivity index (χ1v) is 6.86. The molecule has 0 spiro atoms.